The number of nitrogens with one attached hydrogen (secondary N) is 1. The Morgan fingerprint density at radius 3 is 2.83 bits per heavy atom. The fraction of sp³-hybridized carbons (Fsp3) is 0.733. The predicted molar refractivity (Wildman–Crippen MR) is 89.9 cm³/mol. The fourth-order valence-corrected chi connectivity index (χ4v) is 4.08. The molecule has 0 radical (unpaired) electrons. The predicted octanol–water partition coefficient (Wildman–Crippen LogP) is 0.230. The molecule has 128 valence electrons. The molecule has 2 aliphatic heterocycles. The maximum Gasteiger partial charge on any atom is 0.225 e. The minimum atomic E-state index is -3.15. The summed E-state index contributed by atoms with van der Waals surface area (Å²) in [6.45, 7) is 4.03. The topological polar surface area (TPSA) is 78.4 Å². The highest BCUT2D eigenvalue weighted by Gasteiger charge is 2.25. The van der Waals surface area contributed by atoms with Crippen molar-refractivity contribution in [1.82, 2.24) is 19.6 Å². The first-order valence-corrected chi connectivity index (χ1v) is 10.00. The van der Waals surface area contributed by atoms with Crippen molar-refractivity contribution in [2.24, 2.45) is 5.92 Å². The van der Waals surface area contributed by atoms with Crippen LogP contribution in [0.5, 0.6) is 0 Å². The van der Waals surface area contributed by atoms with E-state index in [2.05, 4.69) is 20.2 Å². The monoisotopic (exact) mass is 339 g/mol. The van der Waals surface area contributed by atoms with E-state index < -0.39 is 10.0 Å². The number of rotatable bonds is 4. The molecule has 0 saturated carbocycles. The molecule has 3 rings (SSSR count). The Labute approximate surface area is 138 Å². The fourth-order valence-electron chi connectivity index (χ4n) is 3.28. The molecule has 1 aromatic rings. The van der Waals surface area contributed by atoms with Crippen molar-refractivity contribution in [3.05, 3.63) is 17.5 Å². The Kier molecular flexibility index (Phi) is 4.84. The van der Waals surface area contributed by atoms with Gasteiger partial charge in [0.2, 0.25) is 16.0 Å². The van der Waals surface area contributed by atoms with Crippen molar-refractivity contribution in [2.45, 2.75) is 25.8 Å². The molecule has 2 aliphatic rings. The molecule has 0 aromatic carbocycles. The normalized spacial score (nSPS) is 20.3. The average molecular weight is 339 g/mol. The van der Waals surface area contributed by atoms with Gasteiger partial charge in [-0.2, -0.15) is 4.31 Å². The van der Waals surface area contributed by atoms with Gasteiger partial charge in [0, 0.05) is 44.9 Å². The molecule has 0 atom stereocenters. The van der Waals surface area contributed by atoms with Crippen molar-refractivity contribution in [1.29, 1.82) is 0 Å². The van der Waals surface area contributed by atoms with E-state index in [1.807, 2.05) is 7.05 Å². The Balaban J connectivity index is 1.69. The summed E-state index contributed by atoms with van der Waals surface area (Å²) in [6, 6.07) is 0. The zero-order valence-electron chi connectivity index (χ0n) is 13.8. The van der Waals surface area contributed by atoms with E-state index in [0.717, 1.165) is 36.8 Å². The van der Waals surface area contributed by atoms with Crippen LogP contribution < -0.4 is 10.2 Å². The molecule has 1 fully saturated rings. The van der Waals surface area contributed by atoms with Crippen LogP contribution in [-0.2, 0) is 23.0 Å². The number of fused-ring (bicyclic) bond motifs is 1. The lowest BCUT2D eigenvalue weighted by molar-refractivity contribution is 0.375. The first kappa shape index (κ1) is 16.6. The summed E-state index contributed by atoms with van der Waals surface area (Å²) in [5.74, 6) is 1.43. The highest BCUT2D eigenvalue weighted by atomic mass is 32.2. The first-order valence-electron chi connectivity index (χ1n) is 8.15. The van der Waals surface area contributed by atoms with Gasteiger partial charge >= 0.3 is 0 Å². The molecule has 0 unspecified atom stereocenters. The lowest BCUT2D eigenvalue weighted by atomic mass is 9.98. The SMILES string of the molecule is CN(CC1CCNCC1)c1ncc2c(n1)CCN(S(C)(=O)=O)C2. The summed E-state index contributed by atoms with van der Waals surface area (Å²) in [4.78, 5) is 11.2. The average Bonchev–Trinajstić information content (AvgIpc) is 2.54. The number of nitrogens with zero attached hydrogens (tertiary/aromatic N) is 4. The van der Waals surface area contributed by atoms with Gasteiger partial charge in [0.05, 0.1) is 11.9 Å². The van der Waals surface area contributed by atoms with Gasteiger partial charge in [0.1, 0.15) is 0 Å². The quantitative estimate of drug-likeness (QED) is 0.846. The smallest absolute Gasteiger partial charge is 0.225 e. The van der Waals surface area contributed by atoms with Crippen LogP contribution in [0.15, 0.2) is 6.20 Å². The molecule has 1 saturated heterocycles. The second-order valence-corrected chi connectivity index (χ2v) is 8.54. The molecule has 7 nitrogen and oxygen atoms in total. The number of anilines is 1. The van der Waals surface area contributed by atoms with Gasteiger partial charge in [-0.3, -0.25) is 0 Å². The standard InChI is InChI=1S/C15H25N5O2S/c1-19(10-12-3-6-16-7-4-12)15-17-9-13-11-20(23(2,21)22)8-5-14(13)18-15/h9,12,16H,3-8,10-11H2,1-2H3. The van der Waals surface area contributed by atoms with E-state index in [4.69, 9.17) is 0 Å². The van der Waals surface area contributed by atoms with Crippen LogP contribution in [0.2, 0.25) is 0 Å². The number of sulfonamides is 1. The highest BCUT2D eigenvalue weighted by Crippen LogP contribution is 2.21. The minimum Gasteiger partial charge on any atom is -0.344 e. The lowest BCUT2D eigenvalue weighted by Gasteiger charge is -2.29. The number of hydrogen-bond acceptors (Lipinski definition) is 6. The largest absolute Gasteiger partial charge is 0.344 e. The maximum atomic E-state index is 11.7. The van der Waals surface area contributed by atoms with Crippen molar-refractivity contribution in [3.8, 4) is 0 Å². The number of aromatic nitrogens is 2. The van der Waals surface area contributed by atoms with Gasteiger partial charge < -0.3 is 10.2 Å². The molecule has 1 N–H and O–H groups in total. The summed E-state index contributed by atoms with van der Waals surface area (Å²) in [6.07, 6.45) is 6.07. The van der Waals surface area contributed by atoms with Gasteiger partial charge in [-0.15, -0.1) is 0 Å². The van der Waals surface area contributed by atoms with E-state index in [-0.39, 0.29) is 0 Å². The molecule has 0 amide bonds. The summed E-state index contributed by atoms with van der Waals surface area (Å²) in [7, 11) is -1.12. The maximum absolute atomic E-state index is 11.7. The van der Waals surface area contributed by atoms with Crippen LogP contribution in [0.4, 0.5) is 5.95 Å². The third-order valence-electron chi connectivity index (χ3n) is 4.69. The molecule has 23 heavy (non-hydrogen) atoms. The van der Waals surface area contributed by atoms with Gasteiger partial charge in [0.25, 0.3) is 0 Å². The molecular weight excluding hydrogens is 314 g/mol. The Bertz CT molecular complexity index is 658. The van der Waals surface area contributed by atoms with Crippen molar-refractivity contribution in [2.75, 3.05) is 44.4 Å². The van der Waals surface area contributed by atoms with Gasteiger partial charge in [-0.1, -0.05) is 0 Å². The molecular formula is C15H25N5O2S. The zero-order valence-corrected chi connectivity index (χ0v) is 14.6. The van der Waals surface area contributed by atoms with E-state index in [1.165, 1.54) is 23.4 Å². The van der Waals surface area contributed by atoms with E-state index >= 15 is 0 Å². The molecule has 0 spiro atoms. The summed E-state index contributed by atoms with van der Waals surface area (Å²) >= 11 is 0. The van der Waals surface area contributed by atoms with E-state index in [0.29, 0.717) is 25.4 Å². The minimum absolute atomic E-state index is 0.381. The van der Waals surface area contributed by atoms with Crippen LogP contribution in [0.1, 0.15) is 24.1 Å². The first-order chi connectivity index (χ1) is 10.9. The van der Waals surface area contributed by atoms with Crippen LogP contribution in [0.3, 0.4) is 0 Å². The van der Waals surface area contributed by atoms with Crippen LogP contribution in [-0.4, -0.2) is 62.2 Å². The summed E-state index contributed by atoms with van der Waals surface area (Å²) in [5, 5.41) is 3.38. The third-order valence-corrected chi connectivity index (χ3v) is 5.94. The zero-order chi connectivity index (χ0) is 16.4. The van der Waals surface area contributed by atoms with Gasteiger partial charge in [-0.05, 0) is 31.8 Å². The van der Waals surface area contributed by atoms with Crippen molar-refractivity contribution < 1.29 is 8.42 Å². The Morgan fingerprint density at radius 1 is 1.39 bits per heavy atom. The van der Waals surface area contributed by atoms with Gasteiger partial charge in [-0.25, -0.2) is 18.4 Å². The molecule has 1 aromatic heterocycles. The summed E-state index contributed by atoms with van der Waals surface area (Å²) < 4.78 is 24.8. The van der Waals surface area contributed by atoms with Crippen LogP contribution >= 0.6 is 0 Å². The van der Waals surface area contributed by atoms with Crippen molar-refractivity contribution in [3.63, 3.8) is 0 Å². The molecule has 3 heterocycles. The van der Waals surface area contributed by atoms with Crippen LogP contribution in [0, 0.1) is 5.92 Å². The molecule has 0 bridgehead atoms. The van der Waals surface area contributed by atoms with Gasteiger partial charge in [0.15, 0.2) is 0 Å². The van der Waals surface area contributed by atoms with E-state index in [1.54, 1.807) is 6.20 Å². The second-order valence-electron chi connectivity index (χ2n) is 6.56. The highest BCUT2D eigenvalue weighted by molar-refractivity contribution is 7.88. The third kappa shape index (κ3) is 3.99. The second kappa shape index (κ2) is 6.70. The Morgan fingerprint density at radius 2 is 2.13 bits per heavy atom. The van der Waals surface area contributed by atoms with E-state index in [9.17, 15) is 8.42 Å². The van der Waals surface area contributed by atoms with Crippen molar-refractivity contribution >= 4 is 16.0 Å². The molecule has 8 heteroatoms. The molecule has 0 aliphatic carbocycles. The Hall–Kier alpha value is -1.25. The number of hydrogen-bond donors (Lipinski definition) is 1. The van der Waals surface area contributed by atoms with Crippen LogP contribution in [0.25, 0.3) is 0 Å². The number of piperidine rings is 1. The lowest BCUT2D eigenvalue weighted by Crippen LogP contribution is -2.37. The summed E-state index contributed by atoms with van der Waals surface area (Å²) in [5.41, 5.74) is 1.90.